The van der Waals surface area contributed by atoms with Crippen molar-refractivity contribution in [2.24, 2.45) is 0 Å². The fraction of sp³-hybridized carbons (Fsp3) is 0.130. The van der Waals surface area contributed by atoms with E-state index in [1.54, 1.807) is 13.3 Å². The summed E-state index contributed by atoms with van der Waals surface area (Å²) in [5.74, 6) is 0.907. The highest BCUT2D eigenvalue weighted by atomic mass is 16.5. The van der Waals surface area contributed by atoms with Crippen molar-refractivity contribution in [2.75, 3.05) is 12.4 Å². The van der Waals surface area contributed by atoms with E-state index in [-0.39, 0.29) is 5.91 Å². The van der Waals surface area contributed by atoms with Crippen molar-refractivity contribution in [2.45, 2.75) is 12.8 Å². The second-order valence-electron chi connectivity index (χ2n) is 6.49. The Morgan fingerprint density at radius 1 is 1.07 bits per heavy atom. The smallest absolute Gasteiger partial charge is 0.224 e. The summed E-state index contributed by atoms with van der Waals surface area (Å²) >= 11 is 0. The fourth-order valence-corrected chi connectivity index (χ4v) is 3.28. The number of rotatable bonds is 4. The summed E-state index contributed by atoms with van der Waals surface area (Å²) in [7, 11) is 1.67. The van der Waals surface area contributed by atoms with Crippen LogP contribution in [0.25, 0.3) is 11.6 Å². The summed E-state index contributed by atoms with van der Waals surface area (Å²) in [6.45, 7) is 0. The number of anilines is 1. The number of hydrogen-bond acceptors (Lipinski definition) is 3. The number of carbonyl (C=O) groups is 1. The minimum absolute atomic E-state index is 0.0801. The molecule has 2 heterocycles. The van der Waals surface area contributed by atoms with Crippen LogP contribution in [0.15, 0.2) is 67.0 Å². The average molecular weight is 356 g/mol. The lowest BCUT2D eigenvalue weighted by Crippen LogP contribution is -2.18. The van der Waals surface area contributed by atoms with Gasteiger partial charge in [-0.05, 0) is 70.7 Å². The monoisotopic (exact) mass is 356 g/mol. The van der Waals surface area contributed by atoms with E-state index in [0.29, 0.717) is 6.42 Å². The van der Waals surface area contributed by atoms with Crippen molar-refractivity contribution >= 4 is 23.2 Å². The van der Waals surface area contributed by atoms with Gasteiger partial charge in [0.05, 0.1) is 7.11 Å². The molecule has 1 amide bonds. The van der Waals surface area contributed by atoms with Crippen LogP contribution in [0.4, 0.5) is 5.69 Å². The predicted octanol–water partition coefficient (Wildman–Crippen LogP) is 4.56. The molecule has 0 fully saturated rings. The van der Waals surface area contributed by atoms with Gasteiger partial charge in [0.1, 0.15) is 5.75 Å². The lowest BCUT2D eigenvalue weighted by molar-refractivity contribution is -0.116. The molecule has 1 N–H and O–H groups in total. The number of nitrogens with one attached hydrogen (secondary N) is 1. The third kappa shape index (κ3) is 3.75. The lowest BCUT2D eigenvalue weighted by atomic mass is 9.92. The van der Waals surface area contributed by atoms with Crippen LogP contribution in [0.5, 0.6) is 5.75 Å². The summed E-state index contributed by atoms with van der Waals surface area (Å²) < 4.78 is 5.29. The maximum atomic E-state index is 11.6. The van der Waals surface area contributed by atoms with Crippen LogP contribution in [0, 0.1) is 0 Å². The number of nitrogens with zero attached hydrogens (tertiary/aromatic N) is 1. The molecule has 3 aromatic rings. The van der Waals surface area contributed by atoms with E-state index in [4.69, 9.17) is 4.74 Å². The molecule has 134 valence electrons. The van der Waals surface area contributed by atoms with Gasteiger partial charge in [-0.2, -0.15) is 0 Å². The zero-order valence-electron chi connectivity index (χ0n) is 15.1. The normalized spacial score (nSPS) is 13.7. The topological polar surface area (TPSA) is 51.2 Å². The Kier molecular flexibility index (Phi) is 4.71. The molecule has 4 heteroatoms. The largest absolute Gasteiger partial charge is 0.497 e. The quantitative estimate of drug-likeness (QED) is 0.745. The number of benzene rings is 2. The summed E-state index contributed by atoms with van der Waals surface area (Å²) in [6, 6.07) is 18.2. The summed E-state index contributed by atoms with van der Waals surface area (Å²) in [5.41, 5.74) is 6.42. The van der Waals surface area contributed by atoms with E-state index < -0.39 is 0 Å². The van der Waals surface area contributed by atoms with Gasteiger partial charge in [0.15, 0.2) is 0 Å². The first-order valence-corrected chi connectivity index (χ1v) is 8.92. The van der Waals surface area contributed by atoms with Gasteiger partial charge >= 0.3 is 0 Å². The van der Waals surface area contributed by atoms with Gasteiger partial charge in [-0.1, -0.05) is 24.3 Å². The molecule has 27 heavy (non-hydrogen) atoms. The zero-order valence-corrected chi connectivity index (χ0v) is 15.1. The van der Waals surface area contributed by atoms with E-state index in [1.165, 1.54) is 0 Å². The second-order valence-corrected chi connectivity index (χ2v) is 6.49. The SMILES string of the molecule is COc1ccc(C(=Cc2cccnc2)c2ccc3c(c2)CCC(=O)N3)cc1. The van der Waals surface area contributed by atoms with Gasteiger partial charge in [0.2, 0.25) is 5.91 Å². The van der Waals surface area contributed by atoms with Crippen molar-refractivity contribution in [1.82, 2.24) is 4.98 Å². The molecule has 1 aliphatic rings. The van der Waals surface area contributed by atoms with E-state index in [0.717, 1.165) is 45.7 Å². The van der Waals surface area contributed by atoms with Crippen LogP contribution in [0.3, 0.4) is 0 Å². The Balaban J connectivity index is 1.80. The van der Waals surface area contributed by atoms with Crippen molar-refractivity contribution in [3.63, 3.8) is 0 Å². The molecule has 1 aliphatic heterocycles. The number of aromatic nitrogens is 1. The molecule has 1 aromatic heterocycles. The Bertz CT molecular complexity index is 993. The molecule has 2 aromatic carbocycles. The van der Waals surface area contributed by atoms with Gasteiger partial charge in [-0.15, -0.1) is 0 Å². The van der Waals surface area contributed by atoms with E-state index in [1.807, 2.05) is 36.5 Å². The molecule has 0 saturated carbocycles. The van der Waals surface area contributed by atoms with Crippen LogP contribution in [0.1, 0.15) is 28.7 Å². The fourth-order valence-electron chi connectivity index (χ4n) is 3.28. The van der Waals surface area contributed by atoms with E-state index >= 15 is 0 Å². The molecule has 0 unspecified atom stereocenters. The highest BCUT2D eigenvalue weighted by Crippen LogP contribution is 2.32. The van der Waals surface area contributed by atoms with Crippen molar-refractivity contribution in [1.29, 1.82) is 0 Å². The standard InChI is InChI=1S/C23H20N2O2/c1-27-20-8-4-17(5-9-20)21(13-16-3-2-12-24-15-16)18-6-10-22-19(14-18)7-11-23(26)25-22/h2-6,8-10,12-15H,7,11H2,1H3,(H,25,26). The van der Waals surface area contributed by atoms with Crippen LogP contribution in [0.2, 0.25) is 0 Å². The summed E-state index contributed by atoms with van der Waals surface area (Å²) in [4.78, 5) is 15.8. The minimum Gasteiger partial charge on any atom is -0.497 e. The Morgan fingerprint density at radius 3 is 2.63 bits per heavy atom. The van der Waals surface area contributed by atoms with Gasteiger partial charge in [0.25, 0.3) is 0 Å². The first-order chi connectivity index (χ1) is 13.2. The molecular weight excluding hydrogens is 336 g/mol. The number of pyridine rings is 1. The van der Waals surface area contributed by atoms with Crippen LogP contribution in [-0.4, -0.2) is 18.0 Å². The van der Waals surface area contributed by atoms with Crippen LogP contribution in [-0.2, 0) is 11.2 Å². The maximum absolute atomic E-state index is 11.6. The van der Waals surface area contributed by atoms with Gasteiger partial charge in [-0.25, -0.2) is 0 Å². The molecule has 0 atom stereocenters. The summed E-state index contributed by atoms with van der Waals surface area (Å²) in [5, 5.41) is 2.95. The highest BCUT2D eigenvalue weighted by Gasteiger charge is 2.16. The van der Waals surface area contributed by atoms with Crippen LogP contribution >= 0.6 is 0 Å². The molecular formula is C23H20N2O2. The Labute approximate surface area is 158 Å². The van der Waals surface area contributed by atoms with E-state index in [9.17, 15) is 4.79 Å². The molecule has 0 spiro atoms. The van der Waals surface area contributed by atoms with Crippen molar-refractivity contribution in [3.8, 4) is 5.75 Å². The molecule has 0 bridgehead atoms. The highest BCUT2D eigenvalue weighted by molar-refractivity contribution is 5.96. The molecule has 0 aliphatic carbocycles. The van der Waals surface area contributed by atoms with Gasteiger partial charge < -0.3 is 10.1 Å². The second kappa shape index (κ2) is 7.46. The zero-order chi connectivity index (χ0) is 18.6. The number of carbonyl (C=O) groups excluding carboxylic acids is 1. The predicted molar refractivity (Wildman–Crippen MR) is 108 cm³/mol. The Hall–Kier alpha value is -3.40. The minimum atomic E-state index is 0.0801. The number of hydrogen-bond donors (Lipinski definition) is 1. The first kappa shape index (κ1) is 17.0. The number of aryl methyl sites for hydroxylation is 1. The van der Waals surface area contributed by atoms with Gasteiger partial charge in [0, 0.05) is 24.5 Å². The molecule has 4 rings (SSSR count). The molecule has 4 nitrogen and oxygen atoms in total. The number of amides is 1. The first-order valence-electron chi connectivity index (χ1n) is 8.92. The summed E-state index contributed by atoms with van der Waals surface area (Å²) in [6.07, 6.45) is 7.05. The van der Waals surface area contributed by atoms with Crippen molar-refractivity contribution in [3.05, 3.63) is 89.2 Å². The third-order valence-corrected chi connectivity index (χ3v) is 4.71. The van der Waals surface area contributed by atoms with E-state index in [2.05, 4.69) is 40.6 Å². The number of ether oxygens (including phenoxy) is 1. The average Bonchev–Trinajstić information content (AvgIpc) is 2.72. The van der Waals surface area contributed by atoms with Crippen LogP contribution < -0.4 is 10.1 Å². The number of methoxy groups -OCH3 is 1. The third-order valence-electron chi connectivity index (χ3n) is 4.71. The maximum Gasteiger partial charge on any atom is 0.224 e. The lowest BCUT2D eigenvalue weighted by Gasteiger charge is -2.19. The Morgan fingerprint density at radius 2 is 1.89 bits per heavy atom. The van der Waals surface area contributed by atoms with Gasteiger partial charge in [-0.3, -0.25) is 9.78 Å². The molecule has 0 radical (unpaired) electrons. The van der Waals surface area contributed by atoms with Crippen molar-refractivity contribution < 1.29 is 9.53 Å². The number of fused-ring (bicyclic) bond motifs is 1. The molecule has 0 saturated heterocycles.